The summed E-state index contributed by atoms with van der Waals surface area (Å²) in [5.74, 6) is 0. The molecule has 1 aromatic rings. The number of nitrogens with zero attached hydrogens (tertiary/aromatic N) is 3. The number of unbranched alkanes of at least 4 members (excludes halogenated alkanes) is 1. The van der Waals surface area contributed by atoms with E-state index in [1.807, 2.05) is 10.9 Å². The maximum Gasteiger partial charge on any atom is 0.0827 e. The highest BCUT2D eigenvalue weighted by Crippen LogP contribution is 2.21. The van der Waals surface area contributed by atoms with E-state index in [1.54, 1.807) is 0 Å². The molecule has 0 atom stereocenters. The summed E-state index contributed by atoms with van der Waals surface area (Å²) in [6.07, 6.45) is 6.62. The molecule has 0 bridgehead atoms. The lowest BCUT2D eigenvalue weighted by Crippen LogP contribution is -2.27. The molecule has 1 N–H and O–H groups in total. The Hall–Kier alpha value is -1.18. The number of nitrogens with one attached hydrogen (secondary N) is 1. The Morgan fingerprint density at radius 1 is 0.675 bits per heavy atom. The van der Waals surface area contributed by atoms with Gasteiger partial charge in [0.25, 0.3) is 0 Å². The normalized spacial score (nSPS) is 12.2. The van der Waals surface area contributed by atoms with Gasteiger partial charge in [0, 0.05) is 18.8 Å². The van der Waals surface area contributed by atoms with Crippen LogP contribution < -0.4 is 5.32 Å². The van der Waals surface area contributed by atoms with E-state index in [-0.39, 0.29) is 0 Å². The van der Waals surface area contributed by atoms with Crippen LogP contribution in [0.15, 0.2) is 6.20 Å². The fourth-order valence-electron chi connectivity index (χ4n) is 3.52. The second kappa shape index (κ2) is 25.5. The number of hydrogen-bond donors (Lipinski definition) is 1. The average molecular weight is 575 g/mol. The van der Waals surface area contributed by atoms with E-state index >= 15 is 0 Å². The minimum atomic E-state index is 0.398. The van der Waals surface area contributed by atoms with Gasteiger partial charge in [-0.25, -0.2) is 4.68 Å². The summed E-state index contributed by atoms with van der Waals surface area (Å²) in [6, 6.07) is 0.486. The zero-order chi connectivity index (χ0) is 29.2. The molecule has 11 nitrogen and oxygen atoms in total. The lowest BCUT2D eigenvalue weighted by atomic mass is 9.89. The molecular formula is C29H58N4O7. The zero-order valence-electron chi connectivity index (χ0n) is 26.0. The second-order valence-corrected chi connectivity index (χ2v) is 11.1. The van der Waals surface area contributed by atoms with Crippen molar-refractivity contribution in [1.29, 1.82) is 0 Å². The molecule has 0 radical (unpaired) electrons. The van der Waals surface area contributed by atoms with Gasteiger partial charge in [0.2, 0.25) is 0 Å². The third-order valence-corrected chi connectivity index (χ3v) is 5.69. The first kappa shape index (κ1) is 36.8. The molecule has 1 heterocycles. The second-order valence-electron chi connectivity index (χ2n) is 11.1. The highest BCUT2D eigenvalue weighted by molar-refractivity contribution is 4.92. The Bertz CT molecular complexity index is 671. The number of rotatable bonds is 29. The molecule has 1 rings (SSSR count). The standard InChI is InChI=1S/C29H58N4O7/c1-27(2)30-10-12-34-14-16-36-18-20-38-22-24-40-25-23-39-21-19-37-17-15-35-13-11-33-26-28(31-32-33)8-6-7-9-29(3,4)5/h26-27,30H,6-25H2,1-5H3. The third kappa shape index (κ3) is 25.8. The van der Waals surface area contributed by atoms with Crippen LogP contribution in [0.1, 0.15) is 59.6 Å². The van der Waals surface area contributed by atoms with Crippen LogP contribution in [0, 0.1) is 5.41 Å². The third-order valence-electron chi connectivity index (χ3n) is 5.69. The van der Waals surface area contributed by atoms with Crippen molar-refractivity contribution >= 4 is 0 Å². The smallest absolute Gasteiger partial charge is 0.0827 e. The van der Waals surface area contributed by atoms with Crippen molar-refractivity contribution in [2.75, 3.05) is 99.0 Å². The maximum absolute atomic E-state index is 5.62. The predicted octanol–water partition coefficient (Wildman–Crippen LogP) is 3.15. The summed E-state index contributed by atoms with van der Waals surface area (Å²) in [6.45, 7) is 20.5. The molecule has 0 amide bonds. The van der Waals surface area contributed by atoms with Crippen LogP contribution in [-0.2, 0) is 46.1 Å². The fraction of sp³-hybridized carbons (Fsp3) is 0.931. The van der Waals surface area contributed by atoms with Crippen LogP contribution in [0.25, 0.3) is 0 Å². The topological polar surface area (TPSA) is 107 Å². The largest absolute Gasteiger partial charge is 0.378 e. The van der Waals surface area contributed by atoms with Gasteiger partial charge in [-0.05, 0) is 24.7 Å². The van der Waals surface area contributed by atoms with Gasteiger partial charge >= 0.3 is 0 Å². The molecule has 0 fully saturated rings. The molecule has 11 heteroatoms. The molecule has 40 heavy (non-hydrogen) atoms. The molecule has 0 aromatic carbocycles. The SMILES string of the molecule is CC(C)NCCOCCOCCOCCOCCOCCOCCOCCn1cc(CCCCC(C)(C)C)nn1. The minimum absolute atomic E-state index is 0.398. The summed E-state index contributed by atoms with van der Waals surface area (Å²) in [4.78, 5) is 0. The molecule has 0 saturated carbocycles. The van der Waals surface area contributed by atoms with Crippen molar-refractivity contribution in [3.8, 4) is 0 Å². The van der Waals surface area contributed by atoms with Gasteiger partial charge in [-0.15, -0.1) is 5.10 Å². The Kier molecular flexibility index (Phi) is 23.5. The van der Waals surface area contributed by atoms with E-state index in [1.165, 1.54) is 12.8 Å². The van der Waals surface area contributed by atoms with Crippen molar-refractivity contribution in [2.45, 2.75) is 72.9 Å². The van der Waals surface area contributed by atoms with Gasteiger partial charge in [0.1, 0.15) is 0 Å². The summed E-state index contributed by atoms with van der Waals surface area (Å²) in [5, 5.41) is 11.7. The molecular weight excluding hydrogens is 516 g/mol. The molecule has 1 aromatic heterocycles. The van der Waals surface area contributed by atoms with E-state index in [9.17, 15) is 0 Å². The maximum atomic E-state index is 5.62. The Balaban J connectivity index is 1.74. The summed E-state index contributed by atoms with van der Waals surface area (Å²) < 4.78 is 40.4. The van der Waals surface area contributed by atoms with Crippen LogP contribution in [0.3, 0.4) is 0 Å². The van der Waals surface area contributed by atoms with E-state index in [0.717, 1.165) is 25.1 Å². The summed E-state index contributed by atoms with van der Waals surface area (Å²) >= 11 is 0. The molecule has 0 unspecified atom stereocenters. The number of aryl methyl sites for hydroxylation is 1. The van der Waals surface area contributed by atoms with Gasteiger partial charge in [-0.1, -0.05) is 46.3 Å². The lowest BCUT2D eigenvalue weighted by Gasteiger charge is -2.17. The highest BCUT2D eigenvalue weighted by Gasteiger charge is 2.09. The number of aromatic nitrogens is 3. The van der Waals surface area contributed by atoms with Crippen LogP contribution >= 0.6 is 0 Å². The van der Waals surface area contributed by atoms with E-state index in [0.29, 0.717) is 110 Å². The summed E-state index contributed by atoms with van der Waals surface area (Å²) in [5.41, 5.74) is 1.45. The first-order valence-electron chi connectivity index (χ1n) is 15.0. The van der Waals surface area contributed by atoms with Gasteiger partial charge in [-0.3, -0.25) is 0 Å². The fourth-order valence-corrected chi connectivity index (χ4v) is 3.52. The first-order valence-corrected chi connectivity index (χ1v) is 15.0. The van der Waals surface area contributed by atoms with Gasteiger partial charge in [-0.2, -0.15) is 0 Å². The van der Waals surface area contributed by atoms with E-state index in [2.05, 4.69) is 50.2 Å². The van der Waals surface area contributed by atoms with Crippen molar-refractivity contribution in [1.82, 2.24) is 20.3 Å². The van der Waals surface area contributed by atoms with Crippen molar-refractivity contribution in [2.24, 2.45) is 5.41 Å². The minimum Gasteiger partial charge on any atom is -0.378 e. The zero-order valence-corrected chi connectivity index (χ0v) is 26.0. The van der Waals surface area contributed by atoms with E-state index in [4.69, 9.17) is 33.2 Å². The van der Waals surface area contributed by atoms with Crippen LogP contribution in [0.5, 0.6) is 0 Å². The van der Waals surface area contributed by atoms with Crippen LogP contribution in [-0.4, -0.2) is 120 Å². The molecule has 236 valence electrons. The van der Waals surface area contributed by atoms with Crippen molar-refractivity contribution in [3.05, 3.63) is 11.9 Å². The van der Waals surface area contributed by atoms with Gasteiger partial charge in [0.05, 0.1) is 105 Å². The van der Waals surface area contributed by atoms with Crippen molar-refractivity contribution < 1.29 is 33.2 Å². The Morgan fingerprint density at radius 3 is 1.57 bits per heavy atom. The van der Waals surface area contributed by atoms with Crippen LogP contribution in [0.2, 0.25) is 0 Å². The monoisotopic (exact) mass is 574 g/mol. The molecule has 0 saturated heterocycles. The van der Waals surface area contributed by atoms with Gasteiger partial charge < -0.3 is 38.5 Å². The van der Waals surface area contributed by atoms with Gasteiger partial charge in [0.15, 0.2) is 0 Å². The first-order chi connectivity index (χ1) is 19.4. The molecule has 0 aliphatic rings. The number of hydrogen-bond acceptors (Lipinski definition) is 10. The average Bonchev–Trinajstić information content (AvgIpc) is 3.36. The van der Waals surface area contributed by atoms with Crippen LogP contribution in [0.4, 0.5) is 0 Å². The lowest BCUT2D eigenvalue weighted by molar-refractivity contribution is -0.0206. The van der Waals surface area contributed by atoms with Crippen molar-refractivity contribution in [3.63, 3.8) is 0 Å². The summed E-state index contributed by atoms with van der Waals surface area (Å²) in [7, 11) is 0. The highest BCUT2D eigenvalue weighted by atomic mass is 16.6. The quantitative estimate of drug-likeness (QED) is 0.143. The molecule has 0 aliphatic carbocycles. The molecule has 0 aliphatic heterocycles. The van der Waals surface area contributed by atoms with E-state index < -0.39 is 0 Å². The Labute approximate surface area is 242 Å². The number of ether oxygens (including phenoxy) is 7. The molecule has 0 spiro atoms. The predicted molar refractivity (Wildman–Crippen MR) is 156 cm³/mol. The Morgan fingerprint density at radius 2 is 1.12 bits per heavy atom.